The predicted octanol–water partition coefficient (Wildman–Crippen LogP) is 3.82. The lowest BCUT2D eigenvalue weighted by molar-refractivity contribution is -0.137. The molecule has 0 aliphatic carbocycles. The zero-order valence-corrected chi connectivity index (χ0v) is 22.3. The number of thioether (sulfide) groups is 1. The average molecular weight is 586 g/mol. The van der Waals surface area contributed by atoms with Gasteiger partial charge in [0.1, 0.15) is 5.75 Å². The second-order valence-corrected chi connectivity index (χ2v) is 10.3. The molecule has 13 heteroatoms. The highest BCUT2D eigenvalue weighted by Gasteiger charge is 2.31. The van der Waals surface area contributed by atoms with Gasteiger partial charge in [0.25, 0.3) is 5.56 Å². The number of pyridine rings is 1. The number of aromatic amines is 1. The van der Waals surface area contributed by atoms with Gasteiger partial charge in [0.15, 0.2) is 0 Å². The summed E-state index contributed by atoms with van der Waals surface area (Å²) in [7, 11) is 0. The van der Waals surface area contributed by atoms with Crippen LogP contribution in [-0.4, -0.2) is 89.2 Å². The highest BCUT2D eigenvalue weighted by Crippen LogP contribution is 2.42. The molecule has 2 heterocycles. The van der Waals surface area contributed by atoms with Crippen LogP contribution in [-0.2, 0) is 15.7 Å². The van der Waals surface area contributed by atoms with E-state index in [1.165, 1.54) is 24.3 Å². The lowest BCUT2D eigenvalue weighted by Gasteiger charge is -2.34. The number of carbonyl (C=O) groups excluding carboxylic acids is 1. The number of hydrogen-bond acceptors (Lipinski definition) is 7. The Kier molecular flexibility index (Phi) is 9.44. The second-order valence-electron chi connectivity index (χ2n) is 8.92. The molecule has 0 bridgehead atoms. The summed E-state index contributed by atoms with van der Waals surface area (Å²) in [5.41, 5.74) is -1.20. The molecule has 3 N–H and O–H groups in total. The number of ether oxygens (including phenoxy) is 1. The smallest absolute Gasteiger partial charge is 0.416 e. The number of aromatic nitrogens is 1. The maximum Gasteiger partial charge on any atom is 0.416 e. The Morgan fingerprint density at radius 2 is 1.85 bits per heavy atom. The lowest BCUT2D eigenvalue weighted by Crippen LogP contribution is -2.50. The Labute approximate surface area is 231 Å². The molecule has 1 aliphatic heterocycles. The summed E-state index contributed by atoms with van der Waals surface area (Å²) in [6.07, 6.45) is -4.63. The molecule has 0 spiro atoms. The highest BCUT2D eigenvalue weighted by molar-refractivity contribution is 8.00. The highest BCUT2D eigenvalue weighted by atomic mass is 35.5. The maximum atomic E-state index is 13.5. The SMILES string of the molecule is O=C(CSc1c(-c2cc(Cl)ccc2O)c2cc(C(F)(F)F)ccc2[nH]c1=O)N1CCN(CCOCCO)CC1. The number of alkyl halides is 3. The van der Waals surface area contributed by atoms with E-state index >= 15 is 0 Å². The zero-order chi connectivity index (χ0) is 28.2. The average Bonchev–Trinajstić information content (AvgIpc) is 2.90. The number of aromatic hydroxyl groups is 1. The normalized spacial score (nSPS) is 14.7. The number of nitrogens with one attached hydrogen (secondary N) is 1. The van der Waals surface area contributed by atoms with E-state index in [1.54, 1.807) is 4.90 Å². The molecule has 1 saturated heterocycles. The van der Waals surface area contributed by atoms with E-state index in [-0.39, 0.29) is 62.6 Å². The molecule has 4 rings (SSSR count). The molecule has 0 saturated carbocycles. The van der Waals surface area contributed by atoms with Crippen molar-refractivity contribution in [2.75, 3.05) is 58.3 Å². The fourth-order valence-corrected chi connectivity index (χ4v) is 5.54. The van der Waals surface area contributed by atoms with Crippen LogP contribution < -0.4 is 5.56 Å². The number of halogens is 4. The van der Waals surface area contributed by atoms with E-state index in [0.717, 1.165) is 23.9 Å². The first-order chi connectivity index (χ1) is 18.6. The van der Waals surface area contributed by atoms with Crippen LogP contribution in [0.3, 0.4) is 0 Å². The van der Waals surface area contributed by atoms with Crippen LogP contribution in [0.15, 0.2) is 46.1 Å². The first kappa shape index (κ1) is 29.2. The Bertz CT molecular complexity index is 1390. The van der Waals surface area contributed by atoms with Crippen molar-refractivity contribution in [3.05, 3.63) is 57.3 Å². The van der Waals surface area contributed by atoms with Crippen LogP contribution in [0.4, 0.5) is 13.2 Å². The fourth-order valence-electron chi connectivity index (χ4n) is 4.37. The van der Waals surface area contributed by atoms with E-state index < -0.39 is 17.3 Å². The van der Waals surface area contributed by atoms with Gasteiger partial charge in [-0.05, 0) is 36.4 Å². The standard InChI is InChI=1S/C26H27ClF3N3O5S/c27-17-2-4-21(35)19(14-17)23-18-13-16(26(28,29)30)1-3-20(18)31-25(37)24(23)39-15-22(36)33-7-5-32(6-8-33)9-11-38-12-10-34/h1-4,13-14,34-35H,5-12,15H2,(H,31,37). The van der Waals surface area contributed by atoms with Gasteiger partial charge in [0, 0.05) is 59.8 Å². The summed E-state index contributed by atoms with van der Waals surface area (Å²) < 4.78 is 45.9. The van der Waals surface area contributed by atoms with Crippen LogP contribution >= 0.6 is 23.4 Å². The number of piperazine rings is 1. The minimum Gasteiger partial charge on any atom is -0.507 e. The molecule has 3 aromatic rings. The largest absolute Gasteiger partial charge is 0.507 e. The lowest BCUT2D eigenvalue weighted by atomic mass is 9.98. The van der Waals surface area contributed by atoms with Gasteiger partial charge in [-0.25, -0.2) is 0 Å². The molecule has 0 atom stereocenters. The molecular formula is C26H27ClF3N3O5S. The molecule has 1 amide bonds. The summed E-state index contributed by atoms with van der Waals surface area (Å²) in [4.78, 5) is 32.5. The van der Waals surface area contributed by atoms with Gasteiger partial charge in [-0.15, -0.1) is 11.8 Å². The van der Waals surface area contributed by atoms with Gasteiger partial charge < -0.3 is 24.8 Å². The van der Waals surface area contributed by atoms with Gasteiger partial charge in [-0.3, -0.25) is 14.5 Å². The predicted molar refractivity (Wildman–Crippen MR) is 143 cm³/mol. The first-order valence-corrected chi connectivity index (χ1v) is 13.5. The molecular weight excluding hydrogens is 559 g/mol. The number of amides is 1. The van der Waals surface area contributed by atoms with E-state index in [1.807, 2.05) is 0 Å². The summed E-state index contributed by atoms with van der Waals surface area (Å²) >= 11 is 7.04. The van der Waals surface area contributed by atoms with Crippen molar-refractivity contribution in [1.82, 2.24) is 14.8 Å². The van der Waals surface area contributed by atoms with Crippen molar-refractivity contribution < 1.29 is 32.9 Å². The van der Waals surface area contributed by atoms with Gasteiger partial charge in [0.05, 0.1) is 36.0 Å². The second kappa shape index (κ2) is 12.6. The van der Waals surface area contributed by atoms with Gasteiger partial charge in [-0.1, -0.05) is 11.6 Å². The molecule has 39 heavy (non-hydrogen) atoms. The number of aliphatic hydroxyl groups excluding tert-OH is 1. The molecule has 210 valence electrons. The summed E-state index contributed by atoms with van der Waals surface area (Å²) in [6, 6.07) is 7.04. The number of aliphatic hydroxyl groups is 1. The van der Waals surface area contributed by atoms with Crippen molar-refractivity contribution in [3.8, 4) is 16.9 Å². The van der Waals surface area contributed by atoms with Crippen LogP contribution in [0.5, 0.6) is 5.75 Å². The Morgan fingerprint density at radius 3 is 2.54 bits per heavy atom. The molecule has 1 fully saturated rings. The monoisotopic (exact) mass is 585 g/mol. The Balaban J connectivity index is 1.60. The van der Waals surface area contributed by atoms with Crippen molar-refractivity contribution in [3.63, 3.8) is 0 Å². The van der Waals surface area contributed by atoms with Crippen LogP contribution in [0, 0.1) is 0 Å². The third kappa shape index (κ3) is 7.06. The van der Waals surface area contributed by atoms with Crippen LogP contribution in [0.1, 0.15) is 5.56 Å². The van der Waals surface area contributed by atoms with E-state index in [4.69, 9.17) is 21.4 Å². The minimum absolute atomic E-state index is 0.00686. The van der Waals surface area contributed by atoms with Gasteiger partial charge >= 0.3 is 6.18 Å². The number of benzene rings is 2. The number of rotatable bonds is 9. The summed E-state index contributed by atoms with van der Waals surface area (Å²) in [6.45, 7) is 3.61. The zero-order valence-electron chi connectivity index (χ0n) is 20.8. The number of nitrogens with zero attached hydrogens (tertiary/aromatic N) is 2. The number of phenolic OH excluding ortho intramolecular Hbond substituents is 1. The van der Waals surface area contributed by atoms with Gasteiger partial charge in [-0.2, -0.15) is 13.2 Å². The maximum absolute atomic E-state index is 13.5. The molecule has 0 unspecified atom stereocenters. The fraction of sp³-hybridized carbons (Fsp3) is 0.385. The molecule has 8 nitrogen and oxygen atoms in total. The number of hydrogen-bond donors (Lipinski definition) is 3. The number of phenols is 1. The van der Waals surface area contributed by atoms with Crippen LogP contribution in [0.25, 0.3) is 22.0 Å². The number of carbonyl (C=O) groups is 1. The molecule has 0 radical (unpaired) electrons. The van der Waals surface area contributed by atoms with E-state index in [9.17, 15) is 27.9 Å². The molecule has 2 aromatic carbocycles. The Morgan fingerprint density at radius 1 is 1.10 bits per heavy atom. The molecule has 1 aromatic heterocycles. The van der Waals surface area contributed by atoms with Crippen molar-refractivity contribution >= 4 is 40.2 Å². The minimum atomic E-state index is -4.63. The van der Waals surface area contributed by atoms with E-state index in [2.05, 4.69) is 9.88 Å². The Hall–Kier alpha value is -2.77. The summed E-state index contributed by atoms with van der Waals surface area (Å²) in [5.74, 6) is -0.612. The van der Waals surface area contributed by atoms with Crippen molar-refractivity contribution in [2.45, 2.75) is 11.1 Å². The first-order valence-electron chi connectivity index (χ1n) is 12.2. The van der Waals surface area contributed by atoms with Crippen LogP contribution in [0.2, 0.25) is 5.02 Å². The van der Waals surface area contributed by atoms with Crippen molar-refractivity contribution in [2.24, 2.45) is 0 Å². The topological polar surface area (TPSA) is 106 Å². The quantitative estimate of drug-likeness (QED) is 0.259. The third-order valence-electron chi connectivity index (χ3n) is 6.38. The van der Waals surface area contributed by atoms with Gasteiger partial charge in [0.2, 0.25) is 5.91 Å². The third-order valence-corrected chi connectivity index (χ3v) is 7.68. The number of H-pyrrole nitrogens is 1. The van der Waals surface area contributed by atoms with E-state index in [0.29, 0.717) is 39.3 Å². The summed E-state index contributed by atoms with van der Waals surface area (Å²) in [5, 5.41) is 19.7. The number of fused-ring (bicyclic) bond motifs is 1. The van der Waals surface area contributed by atoms with Crippen molar-refractivity contribution in [1.29, 1.82) is 0 Å². The molecule has 1 aliphatic rings.